The van der Waals surface area contributed by atoms with E-state index < -0.39 is 0 Å². The van der Waals surface area contributed by atoms with Gasteiger partial charge in [-0.15, -0.1) is 59.2 Å². The number of thiophene rings is 1. The van der Waals surface area contributed by atoms with Gasteiger partial charge in [-0.05, 0) is 45.2 Å². The molecular weight excluding hydrogens is 661 g/mol. The van der Waals surface area contributed by atoms with Gasteiger partial charge in [0.25, 0.3) is 0 Å². The first kappa shape index (κ1) is 25.7. The first-order chi connectivity index (χ1) is 18.4. The summed E-state index contributed by atoms with van der Waals surface area (Å²) < 4.78 is 2.58. The van der Waals surface area contributed by atoms with E-state index in [0.717, 1.165) is 22.5 Å². The van der Waals surface area contributed by atoms with E-state index in [4.69, 9.17) is 0 Å². The van der Waals surface area contributed by atoms with Crippen LogP contribution in [0.25, 0.3) is 53.8 Å². The van der Waals surface area contributed by atoms with Crippen LogP contribution in [0.15, 0.2) is 134 Å². The molecule has 7 rings (SSSR count). The Morgan fingerprint density at radius 2 is 1.24 bits per heavy atom. The summed E-state index contributed by atoms with van der Waals surface area (Å²) in [5.74, 6) is 0. The maximum atomic E-state index is 4.44. The Morgan fingerprint density at radius 1 is 0.553 bits per heavy atom. The van der Waals surface area contributed by atoms with Gasteiger partial charge in [-0.25, -0.2) is 0 Å². The van der Waals surface area contributed by atoms with Crippen molar-refractivity contribution in [3.05, 3.63) is 146 Å². The summed E-state index contributed by atoms with van der Waals surface area (Å²) in [5, 5.41) is 2.61. The molecule has 0 saturated carbocycles. The molecule has 3 aromatic heterocycles. The molecule has 2 nitrogen and oxygen atoms in total. The summed E-state index contributed by atoms with van der Waals surface area (Å²) in [6.07, 6.45) is 3.63. The fourth-order valence-electron chi connectivity index (χ4n) is 4.34. The average molecular weight is 683 g/mol. The molecule has 185 valence electrons. The van der Waals surface area contributed by atoms with Gasteiger partial charge in [-0.2, -0.15) is 11.3 Å². The van der Waals surface area contributed by atoms with Crippen LogP contribution in [0.5, 0.6) is 0 Å². The standard InChI is InChI=1S/C17H10NS.C17H12N.Ir/c1-2-10-16-12(6-1)13-7-5-8-14(17(13)19-16)15-9-3-4-11-18-15;1-2-7-14(8-3-1)15-9-6-10-16(13-15)17-11-4-5-12-18-17;/h1-7,9-11H;1-9,11-13H;/q2*-1;. The van der Waals surface area contributed by atoms with E-state index in [9.17, 15) is 0 Å². The second-order valence-corrected chi connectivity index (χ2v) is 9.53. The fourth-order valence-corrected chi connectivity index (χ4v) is 5.55. The third-order valence-corrected chi connectivity index (χ3v) is 7.31. The summed E-state index contributed by atoms with van der Waals surface area (Å²) in [4.78, 5) is 8.80. The largest absolute Gasteiger partial charge is 0.305 e. The molecule has 7 aromatic rings. The minimum absolute atomic E-state index is 0. The SMILES string of the molecule is [Ir].[c-]1ccc(-c2ccccc2)cc1-c1ccccn1.[c-]1ccc2c(sc3ccccc32)c1-c1ccccn1. The zero-order valence-electron chi connectivity index (χ0n) is 20.3. The number of aromatic nitrogens is 2. The number of rotatable bonds is 3. The minimum atomic E-state index is 0. The first-order valence-electron chi connectivity index (χ1n) is 12.1. The maximum absolute atomic E-state index is 4.44. The Labute approximate surface area is 240 Å². The second-order valence-electron chi connectivity index (χ2n) is 8.48. The van der Waals surface area contributed by atoms with E-state index >= 15 is 0 Å². The zero-order valence-corrected chi connectivity index (χ0v) is 23.5. The van der Waals surface area contributed by atoms with Crippen LogP contribution in [0, 0.1) is 12.1 Å². The molecule has 0 amide bonds. The van der Waals surface area contributed by atoms with Crippen LogP contribution in [0.1, 0.15) is 0 Å². The molecule has 0 spiro atoms. The Bertz CT molecular complexity index is 1710. The molecule has 0 unspecified atom stereocenters. The van der Waals surface area contributed by atoms with Crippen molar-refractivity contribution in [2.24, 2.45) is 0 Å². The van der Waals surface area contributed by atoms with Gasteiger partial charge in [-0.3, -0.25) is 0 Å². The summed E-state index contributed by atoms with van der Waals surface area (Å²) in [7, 11) is 0. The van der Waals surface area contributed by atoms with Gasteiger partial charge < -0.3 is 9.97 Å². The van der Waals surface area contributed by atoms with Crippen molar-refractivity contribution in [1.82, 2.24) is 9.97 Å². The summed E-state index contributed by atoms with van der Waals surface area (Å²) in [5.41, 5.74) is 6.46. The summed E-state index contributed by atoms with van der Waals surface area (Å²) in [6.45, 7) is 0. The number of hydrogen-bond acceptors (Lipinski definition) is 3. The Kier molecular flexibility index (Phi) is 8.15. The molecule has 1 radical (unpaired) electrons. The van der Waals surface area contributed by atoms with Gasteiger partial charge in [-0.1, -0.05) is 78.2 Å². The predicted octanol–water partition coefficient (Wildman–Crippen LogP) is 9.13. The van der Waals surface area contributed by atoms with Gasteiger partial charge in [0.05, 0.1) is 0 Å². The molecule has 0 aliphatic heterocycles. The maximum Gasteiger partial charge on any atom is 0.0239 e. The predicted molar refractivity (Wildman–Crippen MR) is 155 cm³/mol. The first-order valence-corrected chi connectivity index (χ1v) is 12.9. The quantitative estimate of drug-likeness (QED) is 0.174. The molecule has 0 saturated heterocycles. The molecule has 3 heterocycles. The van der Waals surface area contributed by atoms with E-state index in [1.165, 1.54) is 31.3 Å². The van der Waals surface area contributed by atoms with Crippen molar-refractivity contribution in [1.29, 1.82) is 0 Å². The number of nitrogens with zero attached hydrogens (tertiary/aromatic N) is 2. The van der Waals surface area contributed by atoms with Crippen molar-refractivity contribution in [2.45, 2.75) is 0 Å². The van der Waals surface area contributed by atoms with Crippen LogP contribution in [-0.2, 0) is 20.1 Å². The number of pyridine rings is 2. The molecule has 4 aromatic carbocycles. The topological polar surface area (TPSA) is 25.8 Å². The average Bonchev–Trinajstić information content (AvgIpc) is 3.38. The van der Waals surface area contributed by atoms with E-state index in [1.54, 1.807) is 6.20 Å². The van der Waals surface area contributed by atoms with Crippen molar-refractivity contribution in [3.63, 3.8) is 0 Å². The molecule has 0 N–H and O–H groups in total. The molecular formula is C34H22IrN2S-2. The van der Waals surface area contributed by atoms with Gasteiger partial charge in [0.15, 0.2) is 0 Å². The molecule has 38 heavy (non-hydrogen) atoms. The Balaban J connectivity index is 0.000000151. The smallest absolute Gasteiger partial charge is 0.0239 e. The van der Waals surface area contributed by atoms with Crippen LogP contribution in [0.3, 0.4) is 0 Å². The van der Waals surface area contributed by atoms with Crippen LogP contribution in [0.4, 0.5) is 0 Å². The third kappa shape index (κ3) is 5.49. The zero-order chi connectivity index (χ0) is 24.9. The summed E-state index contributed by atoms with van der Waals surface area (Å²) >= 11 is 1.81. The molecule has 0 aliphatic carbocycles. The van der Waals surface area contributed by atoms with Crippen molar-refractivity contribution in [2.75, 3.05) is 0 Å². The molecule has 0 atom stereocenters. The molecule has 0 bridgehead atoms. The van der Waals surface area contributed by atoms with Gasteiger partial charge in [0.2, 0.25) is 0 Å². The Morgan fingerprint density at radius 3 is 2.00 bits per heavy atom. The minimum Gasteiger partial charge on any atom is -0.305 e. The van der Waals surface area contributed by atoms with E-state index in [0.29, 0.717) is 0 Å². The van der Waals surface area contributed by atoms with Crippen LogP contribution in [-0.4, -0.2) is 9.97 Å². The normalized spacial score (nSPS) is 10.4. The van der Waals surface area contributed by atoms with E-state index in [2.05, 4.69) is 76.7 Å². The van der Waals surface area contributed by atoms with Gasteiger partial charge in [0, 0.05) is 37.2 Å². The number of hydrogen-bond donors (Lipinski definition) is 0. The van der Waals surface area contributed by atoms with Crippen molar-refractivity contribution >= 4 is 31.5 Å². The summed E-state index contributed by atoms with van der Waals surface area (Å²) in [6, 6.07) is 47.6. The molecule has 4 heteroatoms. The third-order valence-electron chi connectivity index (χ3n) is 6.11. The van der Waals surface area contributed by atoms with Crippen molar-refractivity contribution < 1.29 is 20.1 Å². The van der Waals surface area contributed by atoms with Crippen LogP contribution < -0.4 is 0 Å². The van der Waals surface area contributed by atoms with Crippen molar-refractivity contribution in [3.8, 4) is 33.6 Å². The second kappa shape index (κ2) is 12.1. The molecule has 0 aliphatic rings. The number of fused-ring (bicyclic) bond motifs is 3. The van der Waals surface area contributed by atoms with Crippen LogP contribution >= 0.6 is 11.3 Å². The molecule has 0 fully saturated rings. The fraction of sp³-hybridized carbons (Fsp3) is 0. The van der Waals surface area contributed by atoms with Gasteiger partial charge >= 0.3 is 0 Å². The van der Waals surface area contributed by atoms with E-state index in [-0.39, 0.29) is 20.1 Å². The van der Waals surface area contributed by atoms with Crippen LogP contribution in [0.2, 0.25) is 0 Å². The van der Waals surface area contributed by atoms with E-state index in [1.807, 2.05) is 84.3 Å². The number of benzene rings is 4. The van der Waals surface area contributed by atoms with Gasteiger partial charge in [0.1, 0.15) is 0 Å². The Hall–Kier alpha value is -3.95. The monoisotopic (exact) mass is 683 g/mol.